The van der Waals surface area contributed by atoms with Crippen molar-refractivity contribution in [3.63, 3.8) is 0 Å². The maximum absolute atomic E-state index is 14.4. The van der Waals surface area contributed by atoms with Crippen molar-refractivity contribution in [3.05, 3.63) is 52.2 Å². The van der Waals surface area contributed by atoms with E-state index in [1.807, 2.05) is 6.07 Å². The van der Waals surface area contributed by atoms with Crippen molar-refractivity contribution < 1.29 is 23.8 Å². The van der Waals surface area contributed by atoms with Gasteiger partial charge in [-0.1, -0.05) is 34.1 Å². The zero-order chi connectivity index (χ0) is 23.8. The molecule has 1 aromatic heterocycles. The summed E-state index contributed by atoms with van der Waals surface area (Å²) in [6.45, 7) is 4.05. The number of hydrogen-bond acceptors (Lipinski definition) is 6. The molecule has 0 amide bonds. The number of fused-ring (bicyclic) bond motifs is 1. The number of nitrogens with zero attached hydrogens (tertiary/aromatic N) is 1. The molecule has 1 aromatic carbocycles. The van der Waals surface area contributed by atoms with Crippen LogP contribution in [0.4, 0.5) is 4.39 Å². The predicted octanol–water partition coefficient (Wildman–Crippen LogP) is 5.23. The van der Waals surface area contributed by atoms with Gasteiger partial charge in [0, 0.05) is 42.2 Å². The Bertz CT molecular complexity index is 950. The van der Waals surface area contributed by atoms with Gasteiger partial charge in [-0.3, -0.25) is 14.5 Å². The van der Waals surface area contributed by atoms with Crippen LogP contribution in [-0.2, 0) is 22.6 Å². The fourth-order valence-corrected chi connectivity index (χ4v) is 5.65. The van der Waals surface area contributed by atoms with Crippen molar-refractivity contribution in [3.8, 4) is 5.06 Å². The quantitative estimate of drug-likeness (QED) is 0.227. The summed E-state index contributed by atoms with van der Waals surface area (Å²) in [5.41, 5.74) is 1.49. The van der Waals surface area contributed by atoms with Gasteiger partial charge in [0.2, 0.25) is 0 Å². The van der Waals surface area contributed by atoms with Gasteiger partial charge in [0.15, 0.2) is 5.06 Å². The lowest BCUT2D eigenvalue weighted by Gasteiger charge is -2.27. The standard InChI is InChI=1S/C25H31BrFNO4S/c1-17(29)32-24-15-18-16-28(14-11-23(18)33-24)13-5-4-9-21(30)25(22(31)10-6-12-26)19-7-2-3-8-20(19)27/h2-3,7-8,15,21,25,30H,4-6,9-14,16H2,1H3. The van der Waals surface area contributed by atoms with Crippen molar-refractivity contribution >= 4 is 39.0 Å². The van der Waals surface area contributed by atoms with Gasteiger partial charge in [0.25, 0.3) is 0 Å². The van der Waals surface area contributed by atoms with Crippen LogP contribution in [0.1, 0.15) is 60.9 Å². The van der Waals surface area contributed by atoms with Gasteiger partial charge >= 0.3 is 5.97 Å². The highest BCUT2D eigenvalue weighted by atomic mass is 79.9. The smallest absolute Gasteiger partial charge is 0.308 e. The molecular formula is C25H31BrFNO4S. The zero-order valence-corrected chi connectivity index (χ0v) is 21.3. The third-order valence-corrected chi connectivity index (χ3v) is 7.60. The number of alkyl halides is 1. The third-order valence-electron chi connectivity index (χ3n) is 5.92. The molecule has 1 N–H and O–H groups in total. The lowest BCUT2D eigenvalue weighted by atomic mass is 9.85. The number of thiophene rings is 1. The van der Waals surface area contributed by atoms with Crippen molar-refractivity contribution in [1.29, 1.82) is 0 Å². The number of carbonyl (C=O) groups excluding carboxylic acids is 2. The molecule has 1 aliphatic rings. The van der Waals surface area contributed by atoms with E-state index in [1.54, 1.807) is 29.5 Å². The molecule has 0 radical (unpaired) electrons. The van der Waals surface area contributed by atoms with Crippen LogP contribution in [0.25, 0.3) is 0 Å². The molecule has 5 nitrogen and oxygen atoms in total. The molecule has 0 bridgehead atoms. The summed E-state index contributed by atoms with van der Waals surface area (Å²) in [5.74, 6) is -1.69. The highest BCUT2D eigenvalue weighted by Gasteiger charge is 2.30. The van der Waals surface area contributed by atoms with Crippen molar-refractivity contribution in [2.24, 2.45) is 0 Å². The lowest BCUT2D eigenvalue weighted by molar-refractivity contribution is -0.131. The zero-order valence-electron chi connectivity index (χ0n) is 18.9. The molecular weight excluding hydrogens is 509 g/mol. The number of aliphatic hydroxyl groups excluding tert-OH is 1. The average Bonchev–Trinajstić information content (AvgIpc) is 3.17. The van der Waals surface area contributed by atoms with Gasteiger partial charge in [-0.25, -0.2) is 4.39 Å². The van der Waals surface area contributed by atoms with Crippen molar-refractivity contribution in [2.75, 3.05) is 18.4 Å². The Hall–Kier alpha value is -1.61. The van der Waals surface area contributed by atoms with E-state index in [9.17, 15) is 19.1 Å². The molecule has 0 saturated heterocycles. The van der Waals surface area contributed by atoms with E-state index in [-0.39, 0.29) is 17.3 Å². The van der Waals surface area contributed by atoms with Gasteiger partial charge < -0.3 is 9.84 Å². The van der Waals surface area contributed by atoms with E-state index in [2.05, 4.69) is 20.8 Å². The number of unbranched alkanes of at least 4 members (excludes halogenated alkanes) is 1. The highest BCUT2D eigenvalue weighted by Crippen LogP contribution is 2.34. The summed E-state index contributed by atoms with van der Waals surface area (Å²) in [7, 11) is 0. The van der Waals surface area contributed by atoms with Crippen LogP contribution in [-0.4, -0.2) is 46.3 Å². The molecule has 3 rings (SSSR count). The topological polar surface area (TPSA) is 66.8 Å². The number of halogens is 2. The summed E-state index contributed by atoms with van der Waals surface area (Å²) in [6, 6.07) is 8.20. The van der Waals surface area contributed by atoms with E-state index in [0.717, 1.165) is 38.9 Å². The van der Waals surface area contributed by atoms with Crippen LogP contribution in [0.3, 0.4) is 0 Å². The van der Waals surface area contributed by atoms with Gasteiger partial charge in [0.05, 0.1) is 12.0 Å². The number of Topliss-reactive ketones (excluding diaryl/α,β-unsaturated/α-hetero) is 1. The molecule has 0 saturated carbocycles. The number of aliphatic hydroxyl groups is 1. The SMILES string of the molecule is CC(=O)Oc1cc2c(s1)CCN(CCCCC(O)C(C(=O)CCCBr)c1ccccc1F)C2. The van der Waals surface area contributed by atoms with Crippen LogP contribution in [0, 0.1) is 5.82 Å². The fourth-order valence-electron chi connectivity index (χ4n) is 4.32. The molecule has 0 aliphatic carbocycles. The molecule has 2 heterocycles. The summed E-state index contributed by atoms with van der Waals surface area (Å²) in [5, 5.41) is 12.2. The van der Waals surface area contributed by atoms with E-state index in [1.165, 1.54) is 23.4 Å². The van der Waals surface area contributed by atoms with Gasteiger partial charge in [-0.2, -0.15) is 0 Å². The minimum Gasteiger partial charge on any atom is -0.416 e. The highest BCUT2D eigenvalue weighted by molar-refractivity contribution is 9.09. The molecule has 2 atom stereocenters. The second-order valence-corrected chi connectivity index (χ2v) is 10.3. The second-order valence-electron chi connectivity index (χ2n) is 8.45. The predicted molar refractivity (Wildman–Crippen MR) is 132 cm³/mol. The van der Waals surface area contributed by atoms with E-state index in [0.29, 0.717) is 29.7 Å². The fraction of sp³-hybridized carbons (Fsp3) is 0.520. The minimum absolute atomic E-state index is 0.114. The number of ether oxygens (including phenoxy) is 1. The first-order chi connectivity index (χ1) is 15.9. The Labute approximate surface area is 207 Å². The van der Waals surface area contributed by atoms with Gasteiger partial charge in [-0.05, 0) is 56.3 Å². The van der Waals surface area contributed by atoms with E-state index in [4.69, 9.17) is 4.74 Å². The first kappa shape index (κ1) is 26.0. The van der Waals surface area contributed by atoms with Gasteiger partial charge in [-0.15, -0.1) is 11.3 Å². The summed E-state index contributed by atoms with van der Waals surface area (Å²) in [6.07, 6.45) is 3.09. The minimum atomic E-state index is -0.902. The third kappa shape index (κ3) is 7.44. The number of ketones is 1. The van der Waals surface area contributed by atoms with Crippen molar-refractivity contribution in [1.82, 2.24) is 4.90 Å². The molecule has 33 heavy (non-hydrogen) atoms. The molecule has 180 valence electrons. The van der Waals surface area contributed by atoms with Crippen LogP contribution >= 0.6 is 27.3 Å². The number of rotatable bonds is 12. The van der Waals surface area contributed by atoms with Crippen LogP contribution in [0.5, 0.6) is 5.06 Å². The molecule has 8 heteroatoms. The maximum atomic E-state index is 14.4. The Morgan fingerprint density at radius 2 is 2.06 bits per heavy atom. The summed E-state index contributed by atoms with van der Waals surface area (Å²) >= 11 is 4.87. The van der Waals surface area contributed by atoms with Crippen LogP contribution in [0.15, 0.2) is 30.3 Å². The first-order valence-electron chi connectivity index (χ1n) is 11.4. The summed E-state index contributed by atoms with van der Waals surface area (Å²) < 4.78 is 19.6. The lowest BCUT2D eigenvalue weighted by Crippen LogP contribution is -2.31. The largest absolute Gasteiger partial charge is 0.416 e. The van der Waals surface area contributed by atoms with Crippen LogP contribution < -0.4 is 4.74 Å². The Kier molecular flexibility index (Phi) is 10.0. The number of esters is 1. The molecule has 0 fully saturated rings. The second kappa shape index (κ2) is 12.7. The van der Waals surface area contributed by atoms with Gasteiger partial charge in [0.1, 0.15) is 11.6 Å². The van der Waals surface area contributed by atoms with E-state index >= 15 is 0 Å². The van der Waals surface area contributed by atoms with Crippen LogP contribution in [0.2, 0.25) is 0 Å². The molecule has 0 spiro atoms. The number of hydrogen-bond donors (Lipinski definition) is 1. The maximum Gasteiger partial charge on any atom is 0.308 e. The number of carbonyl (C=O) groups is 2. The molecule has 2 aromatic rings. The molecule has 1 aliphatic heterocycles. The average molecular weight is 540 g/mol. The Morgan fingerprint density at radius 3 is 2.79 bits per heavy atom. The Morgan fingerprint density at radius 1 is 1.27 bits per heavy atom. The Balaban J connectivity index is 1.51. The summed E-state index contributed by atoms with van der Waals surface area (Å²) in [4.78, 5) is 27.6. The molecule has 2 unspecified atom stereocenters. The first-order valence-corrected chi connectivity index (χ1v) is 13.4. The monoisotopic (exact) mass is 539 g/mol. The normalized spacial score (nSPS) is 15.6. The van der Waals surface area contributed by atoms with Crippen molar-refractivity contribution in [2.45, 2.75) is 64.0 Å². The number of benzene rings is 1. The van der Waals surface area contributed by atoms with E-state index < -0.39 is 17.8 Å².